The van der Waals surface area contributed by atoms with E-state index < -0.39 is 0 Å². The first-order chi connectivity index (χ1) is 37.0. The third kappa shape index (κ3) is 5.19. The maximum Gasteiger partial charge on any atom is 0.0544 e. The third-order valence-electron chi connectivity index (χ3n) is 20.5. The molecule has 0 atom stereocenters. The van der Waals surface area contributed by atoms with Crippen LogP contribution in [0.3, 0.4) is 0 Å². The van der Waals surface area contributed by atoms with Crippen LogP contribution in [0.4, 0.5) is 0 Å². The molecule has 0 amide bonds. The van der Waals surface area contributed by atoms with Crippen molar-refractivity contribution in [2.45, 2.75) is 96.3 Å². The first kappa shape index (κ1) is 44.0. The number of hydrogen-bond donors (Lipinski definition) is 0. The highest BCUT2D eigenvalue weighted by Crippen LogP contribution is 2.58. The quantitative estimate of drug-likeness (QED) is 0.163. The van der Waals surface area contributed by atoms with Gasteiger partial charge in [0.1, 0.15) is 0 Å². The van der Waals surface area contributed by atoms with Crippen molar-refractivity contribution in [3.63, 3.8) is 0 Å². The lowest BCUT2D eigenvalue weighted by Gasteiger charge is -2.24. The molecule has 0 radical (unpaired) electrons. The highest BCUT2D eigenvalue weighted by atomic mass is 15.0. The van der Waals surface area contributed by atoms with Crippen LogP contribution in [0.15, 0.2) is 182 Å². The van der Waals surface area contributed by atoms with Gasteiger partial charge in [-0.15, -0.1) is 0 Å². The fraction of sp³-hybridized carbons (Fsp3) is 0.200. The molecule has 0 bridgehead atoms. The van der Waals surface area contributed by atoms with Crippen molar-refractivity contribution >= 4 is 43.6 Å². The van der Waals surface area contributed by atoms with Gasteiger partial charge in [0.05, 0.1) is 22.1 Å². The lowest BCUT2D eigenvalue weighted by atomic mass is 9.82. The zero-order chi connectivity index (χ0) is 52.2. The molecular weight excluding hydrogens is 929 g/mol. The van der Waals surface area contributed by atoms with Crippen LogP contribution in [0, 0.1) is 0 Å². The molecule has 0 saturated heterocycles. The van der Waals surface area contributed by atoms with Gasteiger partial charge in [0.2, 0.25) is 0 Å². The Balaban J connectivity index is 0.871. The maximum absolute atomic E-state index is 2.61. The summed E-state index contributed by atoms with van der Waals surface area (Å²) in [6.07, 6.45) is 0. The zero-order valence-corrected chi connectivity index (χ0v) is 45.7. The van der Waals surface area contributed by atoms with E-state index in [4.69, 9.17) is 0 Å². The number of benzene rings is 10. The monoisotopic (exact) mass is 988 g/mol. The van der Waals surface area contributed by atoms with E-state index in [9.17, 15) is 0 Å². The van der Waals surface area contributed by atoms with E-state index >= 15 is 0 Å². The highest BCUT2D eigenvalue weighted by molar-refractivity contribution is 6.15. The van der Waals surface area contributed by atoms with Gasteiger partial charge in [0, 0.05) is 60.0 Å². The number of nitrogens with zero attached hydrogens (tertiary/aromatic N) is 2. The average Bonchev–Trinajstić information content (AvgIpc) is 4.32. The summed E-state index contributed by atoms with van der Waals surface area (Å²) < 4.78 is 5.23. The Hall–Kier alpha value is -8.20. The van der Waals surface area contributed by atoms with Gasteiger partial charge < -0.3 is 9.13 Å². The van der Waals surface area contributed by atoms with Gasteiger partial charge in [-0.1, -0.05) is 178 Å². The second-order valence-corrected chi connectivity index (χ2v) is 26.1. The summed E-state index contributed by atoms with van der Waals surface area (Å²) in [7, 11) is 0. The molecule has 2 heterocycles. The lowest BCUT2D eigenvalue weighted by molar-refractivity contribution is 0.659. The van der Waals surface area contributed by atoms with Crippen LogP contribution < -0.4 is 0 Å². The average molecular weight is 989 g/mol. The van der Waals surface area contributed by atoms with Crippen LogP contribution in [0.5, 0.6) is 0 Å². The minimum atomic E-state index is -0.278. The summed E-state index contributed by atoms with van der Waals surface area (Å²) in [4.78, 5) is 0. The molecule has 0 N–H and O–H groups in total. The Bertz CT molecular complexity index is 4220. The summed E-state index contributed by atoms with van der Waals surface area (Å²) in [5.74, 6) is 0. The Labute approximate surface area is 451 Å². The van der Waals surface area contributed by atoms with Crippen LogP contribution in [-0.2, 0) is 27.1 Å². The van der Waals surface area contributed by atoms with Gasteiger partial charge in [-0.2, -0.15) is 0 Å². The molecule has 0 saturated carbocycles. The Morgan fingerprint density at radius 1 is 0.208 bits per heavy atom. The summed E-state index contributed by atoms with van der Waals surface area (Å²) in [5, 5.41) is 5.24. The minimum absolute atomic E-state index is 0.123. The molecule has 0 spiro atoms. The van der Waals surface area contributed by atoms with Crippen LogP contribution >= 0.6 is 0 Å². The van der Waals surface area contributed by atoms with Crippen molar-refractivity contribution in [3.8, 4) is 67.0 Å². The van der Waals surface area contributed by atoms with E-state index in [0.29, 0.717) is 0 Å². The largest absolute Gasteiger partial charge is 0.309 e. The molecule has 370 valence electrons. The predicted molar refractivity (Wildman–Crippen MR) is 323 cm³/mol. The van der Waals surface area contributed by atoms with Crippen LogP contribution in [0.2, 0.25) is 0 Å². The number of fused-ring (bicyclic) bond motifs is 21. The summed E-state index contributed by atoms with van der Waals surface area (Å²) in [6.45, 7) is 24.2. The Morgan fingerprint density at radius 2 is 0.429 bits per heavy atom. The highest BCUT2D eigenvalue weighted by Gasteiger charge is 2.42. The SMILES string of the molecule is CC1(C)c2cc(-n3c4cc5c(cc4c4cc6c(cc43)C(C)(C)c3ccccc3-6)-c3ccccc3C5(C)C)ccc2-c2ccc(-n3c4cc5c(cc4c4cc6c(cc43)C(C)(C)c3ccccc3-6)-c3ccccc3C5(C)C)cc21. The van der Waals surface area contributed by atoms with Gasteiger partial charge in [0.15, 0.2) is 0 Å². The van der Waals surface area contributed by atoms with Crippen molar-refractivity contribution in [3.05, 3.63) is 238 Å². The number of aromatic nitrogens is 2. The van der Waals surface area contributed by atoms with E-state index in [2.05, 4.69) is 260 Å². The molecule has 2 heteroatoms. The first-order valence-corrected chi connectivity index (χ1v) is 28.0. The minimum Gasteiger partial charge on any atom is -0.309 e. The van der Waals surface area contributed by atoms with Gasteiger partial charge >= 0.3 is 0 Å². The van der Waals surface area contributed by atoms with Gasteiger partial charge in [-0.05, 0) is 184 Å². The summed E-state index contributed by atoms with van der Waals surface area (Å²) >= 11 is 0. The third-order valence-corrected chi connectivity index (χ3v) is 20.5. The molecule has 0 unspecified atom stereocenters. The topological polar surface area (TPSA) is 9.86 Å². The fourth-order valence-corrected chi connectivity index (χ4v) is 16.4. The van der Waals surface area contributed by atoms with Crippen LogP contribution in [0.25, 0.3) is 111 Å². The molecule has 2 nitrogen and oxygen atoms in total. The molecule has 0 aliphatic heterocycles. The normalized spacial score (nSPS) is 17.2. The summed E-state index contributed by atoms with van der Waals surface area (Å²) in [6, 6.07) is 71.4. The van der Waals surface area contributed by atoms with Crippen molar-refractivity contribution in [1.82, 2.24) is 9.13 Å². The van der Waals surface area contributed by atoms with Gasteiger partial charge in [-0.25, -0.2) is 0 Å². The molecule has 2 aromatic heterocycles. The Morgan fingerprint density at radius 3 is 0.701 bits per heavy atom. The molecule has 10 aromatic carbocycles. The van der Waals surface area contributed by atoms with Crippen molar-refractivity contribution in [2.75, 3.05) is 0 Å². The molecule has 77 heavy (non-hydrogen) atoms. The molecule has 12 aromatic rings. The number of hydrogen-bond acceptors (Lipinski definition) is 0. The van der Waals surface area contributed by atoms with Gasteiger partial charge in [0.25, 0.3) is 0 Å². The smallest absolute Gasteiger partial charge is 0.0544 e. The second kappa shape index (κ2) is 13.8. The maximum atomic E-state index is 2.61. The zero-order valence-electron chi connectivity index (χ0n) is 45.7. The predicted octanol–water partition coefficient (Wildman–Crippen LogP) is 19.4. The fourth-order valence-electron chi connectivity index (χ4n) is 16.4. The van der Waals surface area contributed by atoms with Crippen molar-refractivity contribution in [1.29, 1.82) is 0 Å². The van der Waals surface area contributed by atoms with E-state index in [1.807, 2.05) is 0 Å². The summed E-state index contributed by atoms with van der Waals surface area (Å²) in [5.41, 5.74) is 34.2. The van der Waals surface area contributed by atoms with E-state index in [1.54, 1.807) is 0 Å². The standard InChI is InChI=1S/C75H60N2/c1-71(2)57-23-15-11-19-43(57)49-33-53-54-34-50-44-20-12-16-24-58(44)72(3,4)64(50)38-68(54)76(67(53)37-63(49)71)41-27-29-47-48-30-28-42(32-62(48)75(9,10)61(47)31-41)77-69-39-65-51(45-21-13-17-25-59(45)73(65,5)6)35-55(69)56-36-52-46-22-14-18-26-60(46)74(7,8)66(52)40-70(56)77/h11-40H,1-10H3. The molecule has 17 rings (SSSR count). The lowest BCUT2D eigenvalue weighted by Crippen LogP contribution is -2.16. The molecule has 0 fully saturated rings. The second-order valence-electron chi connectivity index (χ2n) is 26.1. The van der Waals surface area contributed by atoms with E-state index in [-0.39, 0.29) is 27.1 Å². The molecule has 5 aliphatic carbocycles. The molecule has 5 aliphatic rings. The van der Waals surface area contributed by atoms with E-state index in [0.717, 1.165) is 0 Å². The molecular formula is C75H60N2. The van der Waals surface area contributed by atoms with E-state index in [1.165, 1.54) is 166 Å². The Kier molecular flexibility index (Phi) is 7.91. The van der Waals surface area contributed by atoms with Crippen LogP contribution in [-0.4, -0.2) is 9.13 Å². The number of rotatable bonds is 2. The van der Waals surface area contributed by atoms with Gasteiger partial charge in [-0.3, -0.25) is 0 Å². The first-order valence-electron chi connectivity index (χ1n) is 28.0. The van der Waals surface area contributed by atoms with Crippen molar-refractivity contribution < 1.29 is 0 Å². The van der Waals surface area contributed by atoms with Crippen molar-refractivity contribution in [2.24, 2.45) is 0 Å². The van der Waals surface area contributed by atoms with Crippen LogP contribution in [0.1, 0.15) is 125 Å².